The summed E-state index contributed by atoms with van der Waals surface area (Å²) >= 11 is 1.69. The SMILES string of the molecule is Cc1ccc(-c2nnc(SCCCCC(=O)NCCCN3CCOCC3)n2-c2ccccc2)cc1. The van der Waals surface area contributed by atoms with E-state index < -0.39 is 0 Å². The Morgan fingerprint density at radius 2 is 1.77 bits per heavy atom. The number of thioether (sulfide) groups is 1. The molecule has 0 bridgehead atoms. The molecule has 3 aromatic rings. The molecule has 8 heteroatoms. The van der Waals surface area contributed by atoms with Crippen molar-refractivity contribution in [3.05, 3.63) is 60.2 Å². The highest BCUT2D eigenvalue weighted by molar-refractivity contribution is 7.99. The molecule has 186 valence electrons. The molecule has 0 saturated carbocycles. The zero-order valence-electron chi connectivity index (χ0n) is 20.5. The standard InChI is InChI=1S/C27H35N5O2S/c1-22-11-13-23(14-12-22)26-29-30-27(32(26)24-8-3-2-4-9-24)35-21-6-5-10-25(33)28-15-7-16-31-17-19-34-20-18-31/h2-4,8-9,11-14H,5-7,10,15-21H2,1H3,(H,28,33). The summed E-state index contributed by atoms with van der Waals surface area (Å²) in [4.78, 5) is 14.6. The molecule has 0 unspecified atom stereocenters. The van der Waals surface area contributed by atoms with Gasteiger partial charge in [-0.15, -0.1) is 10.2 Å². The van der Waals surface area contributed by atoms with Crippen molar-refractivity contribution in [3.8, 4) is 17.1 Å². The van der Waals surface area contributed by atoms with Gasteiger partial charge in [0, 0.05) is 43.1 Å². The highest BCUT2D eigenvalue weighted by Gasteiger charge is 2.16. The van der Waals surface area contributed by atoms with Crippen LogP contribution < -0.4 is 5.32 Å². The molecule has 0 atom stereocenters. The lowest BCUT2D eigenvalue weighted by Gasteiger charge is -2.26. The van der Waals surface area contributed by atoms with Gasteiger partial charge in [0.1, 0.15) is 0 Å². The Kier molecular flexibility index (Phi) is 9.74. The summed E-state index contributed by atoms with van der Waals surface area (Å²) in [6, 6.07) is 18.6. The number of ether oxygens (including phenoxy) is 1. The van der Waals surface area contributed by atoms with Crippen LogP contribution in [0.4, 0.5) is 0 Å². The van der Waals surface area contributed by atoms with Crippen molar-refractivity contribution in [2.45, 2.75) is 37.8 Å². The summed E-state index contributed by atoms with van der Waals surface area (Å²) in [7, 11) is 0. The van der Waals surface area contributed by atoms with E-state index >= 15 is 0 Å². The van der Waals surface area contributed by atoms with Crippen LogP contribution in [0.2, 0.25) is 0 Å². The lowest BCUT2D eigenvalue weighted by atomic mass is 10.1. The predicted molar refractivity (Wildman–Crippen MR) is 141 cm³/mol. The molecule has 1 aliphatic rings. The van der Waals surface area contributed by atoms with Crippen LogP contribution in [0.3, 0.4) is 0 Å². The molecule has 2 heterocycles. The molecule has 1 aromatic heterocycles. The number of unbranched alkanes of at least 4 members (excludes halogenated alkanes) is 1. The van der Waals surface area contributed by atoms with Crippen molar-refractivity contribution < 1.29 is 9.53 Å². The number of nitrogens with zero attached hydrogens (tertiary/aromatic N) is 4. The maximum absolute atomic E-state index is 12.2. The number of para-hydroxylation sites is 1. The summed E-state index contributed by atoms with van der Waals surface area (Å²) in [6.45, 7) is 7.48. The van der Waals surface area contributed by atoms with Crippen LogP contribution in [0.1, 0.15) is 31.2 Å². The molecule has 1 saturated heterocycles. The van der Waals surface area contributed by atoms with Gasteiger partial charge in [0.25, 0.3) is 0 Å². The van der Waals surface area contributed by atoms with Gasteiger partial charge < -0.3 is 10.1 Å². The molecule has 4 rings (SSSR count). The molecule has 0 spiro atoms. The third-order valence-corrected chi connectivity index (χ3v) is 7.08. The number of aryl methyl sites for hydroxylation is 1. The Hall–Kier alpha value is -2.68. The molecular formula is C27H35N5O2S. The average molecular weight is 494 g/mol. The van der Waals surface area contributed by atoms with Crippen molar-refractivity contribution >= 4 is 17.7 Å². The number of aromatic nitrogens is 3. The van der Waals surface area contributed by atoms with Gasteiger partial charge in [0.05, 0.1) is 13.2 Å². The van der Waals surface area contributed by atoms with Crippen molar-refractivity contribution in [2.75, 3.05) is 45.1 Å². The van der Waals surface area contributed by atoms with Crippen LogP contribution >= 0.6 is 11.8 Å². The Labute approximate surface area is 212 Å². The van der Waals surface area contributed by atoms with Gasteiger partial charge >= 0.3 is 0 Å². The number of carbonyl (C=O) groups excluding carboxylic acids is 1. The minimum atomic E-state index is 0.145. The Balaban J connectivity index is 1.23. The van der Waals surface area contributed by atoms with E-state index in [9.17, 15) is 4.79 Å². The van der Waals surface area contributed by atoms with Crippen molar-refractivity contribution in [1.82, 2.24) is 25.0 Å². The van der Waals surface area contributed by atoms with Gasteiger partial charge in [0.2, 0.25) is 5.91 Å². The lowest BCUT2D eigenvalue weighted by molar-refractivity contribution is -0.121. The van der Waals surface area contributed by atoms with Gasteiger partial charge in [-0.2, -0.15) is 0 Å². The minimum Gasteiger partial charge on any atom is -0.379 e. The highest BCUT2D eigenvalue weighted by atomic mass is 32.2. The number of morpholine rings is 1. The van der Waals surface area contributed by atoms with E-state index in [1.807, 2.05) is 18.2 Å². The van der Waals surface area contributed by atoms with Crippen LogP contribution in [0.15, 0.2) is 59.8 Å². The fourth-order valence-corrected chi connectivity index (χ4v) is 5.01. The number of benzene rings is 2. The fraction of sp³-hybridized carbons (Fsp3) is 0.444. The summed E-state index contributed by atoms with van der Waals surface area (Å²) in [5.41, 5.74) is 3.31. The van der Waals surface area contributed by atoms with Gasteiger partial charge in [-0.05, 0) is 44.9 Å². The van der Waals surface area contributed by atoms with Crippen LogP contribution in [-0.2, 0) is 9.53 Å². The second-order valence-electron chi connectivity index (χ2n) is 8.81. The third kappa shape index (κ3) is 7.65. The quantitative estimate of drug-likeness (QED) is 0.299. The molecular weight excluding hydrogens is 458 g/mol. The monoisotopic (exact) mass is 493 g/mol. The third-order valence-electron chi connectivity index (χ3n) is 6.06. The summed E-state index contributed by atoms with van der Waals surface area (Å²) in [6.07, 6.45) is 3.37. The van der Waals surface area contributed by atoms with Crippen LogP contribution in [0.25, 0.3) is 17.1 Å². The summed E-state index contributed by atoms with van der Waals surface area (Å²) in [5, 5.41) is 12.9. The zero-order valence-corrected chi connectivity index (χ0v) is 21.3. The first kappa shape index (κ1) is 25.4. The fourth-order valence-electron chi connectivity index (χ4n) is 4.06. The van der Waals surface area contributed by atoms with E-state index in [-0.39, 0.29) is 5.91 Å². The second kappa shape index (κ2) is 13.4. The van der Waals surface area contributed by atoms with Gasteiger partial charge in [-0.1, -0.05) is 59.8 Å². The number of carbonyl (C=O) groups is 1. The van der Waals surface area contributed by atoms with E-state index in [1.54, 1.807) is 11.8 Å². The molecule has 2 aromatic carbocycles. The van der Waals surface area contributed by atoms with E-state index in [0.29, 0.717) is 6.42 Å². The first-order chi connectivity index (χ1) is 17.2. The normalized spacial score (nSPS) is 14.2. The molecule has 0 aliphatic carbocycles. The number of rotatable bonds is 12. The van der Waals surface area contributed by atoms with Crippen molar-refractivity contribution in [1.29, 1.82) is 0 Å². The van der Waals surface area contributed by atoms with Gasteiger partial charge in [0.15, 0.2) is 11.0 Å². The predicted octanol–water partition coefficient (Wildman–Crippen LogP) is 4.34. The summed E-state index contributed by atoms with van der Waals surface area (Å²) < 4.78 is 7.49. The van der Waals surface area contributed by atoms with Crippen molar-refractivity contribution in [3.63, 3.8) is 0 Å². The first-order valence-electron chi connectivity index (χ1n) is 12.5. The largest absolute Gasteiger partial charge is 0.379 e. The Morgan fingerprint density at radius 3 is 2.54 bits per heavy atom. The Bertz CT molecular complexity index is 1050. The van der Waals surface area contributed by atoms with E-state index in [2.05, 4.69) is 68.3 Å². The minimum absolute atomic E-state index is 0.145. The smallest absolute Gasteiger partial charge is 0.219 e. The molecule has 0 radical (unpaired) electrons. The second-order valence-corrected chi connectivity index (χ2v) is 9.87. The van der Waals surface area contributed by atoms with Gasteiger partial charge in [-0.3, -0.25) is 14.3 Å². The van der Waals surface area contributed by atoms with E-state index in [0.717, 1.165) is 86.6 Å². The van der Waals surface area contributed by atoms with E-state index in [4.69, 9.17) is 4.74 Å². The molecule has 1 aliphatic heterocycles. The molecule has 7 nitrogen and oxygen atoms in total. The van der Waals surface area contributed by atoms with Crippen LogP contribution in [-0.4, -0.2) is 70.7 Å². The molecule has 1 N–H and O–H groups in total. The van der Waals surface area contributed by atoms with Crippen LogP contribution in [0, 0.1) is 6.92 Å². The molecule has 35 heavy (non-hydrogen) atoms. The summed E-state index contributed by atoms with van der Waals surface area (Å²) in [5.74, 6) is 1.88. The topological polar surface area (TPSA) is 72.3 Å². The lowest BCUT2D eigenvalue weighted by Crippen LogP contribution is -2.38. The average Bonchev–Trinajstić information content (AvgIpc) is 3.32. The molecule has 1 amide bonds. The maximum Gasteiger partial charge on any atom is 0.219 e. The number of amides is 1. The number of nitrogens with one attached hydrogen (secondary N) is 1. The maximum atomic E-state index is 12.2. The zero-order chi connectivity index (χ0) is 24.3. The molecule has 1 fully saturated rings. The van der Waals surface area contributed by atoms with Crippen LogP contribution in [0.5, 0.6) is 0 Å². The van der Waals surface area contributed by atoms with Crippen molar-refractivity contribution in [2.24, 2.45) is 0 Å². The van der Waals surface area contributed by atoms with E-state index in [1.165, 1.54) is 5.56 Å². The number of hydrogen-bond donors (Lipinski definition) is 1. The van der Waals surface area contributed by atoms with Gasteiger partial charge in [-0.25, -0.2) is 0 Å². The number of hydrogen-bond acceptors (Lipinski definition) is 6. The first-order valence-corrected chi connectivity index (χ1v) is 13.5. The Morgan fingerprint density at radius 1 is 1.00 bits per heavy atom. The highest BCUT2D eigenvalue weighted by Crippen LogP contribution is 2.28.